The van der Waals surface area contributed by atoms with Crippen molar-refractivity contribution in [3.8, 4) is 69.3 Å². The number of carbonyl (C=O) groups excluding carboxylic acids is 6. The quantitative estimate of drug-likeness (QED) is 0.00672. The molecule has 51 heteroatoms. The van der Waals surface area contributed by atoms with Crippen molar-refractivity contribution >= 4 is 109 Å². The number of furan rings is 5. The van der Waals surface area contributed by atoms with Gasteiger partial charge in [0.2, 0.25) is 11.2 Å². The van der Waals surface area contributed by atoms with E-state index >= 15 is 0 Å². The number of nitrogens with two attached hydrogens (primary N) is 1. The fraction of sp³-hybridized carbons (Fsp3) is 0.165. The van der Waals surface area contributed by atoms with E-state index in [1.54, 1.807) is 67.6 Å². The molecule has 0 amide bonds. The molecule has 0 saturated heterocycles. The molecule has 0 spiro atoms. The zero-order valence-electron chi connectivity index (χ0n) is 72.9. The third-order valence-electron chi connectivity index (χ3n) is 19.3. The molecule has 10 aromatic heterocycles. The minimum atomic E-state index is -3.22. The van der Waals surface area contributed by atoms with Crippen LogP contribution in [0, 0.1) is 58.2 Å². The van der Waals surface area contributed by atoms with E-state index in [9.17, 15) is 82.0 Å². The Hall–Kier alpha value is -13.5. The number of carbonyl (C=O) groups is 6. The van der Waals surface area contributed by atoms with Crippen LogP contribution in [-0.4, -0.2) is 119 Å². The number of hydrogen-bond donors (Lipinski definition) is 4. The van der Waals surface area contributed by atoms with Crippen molar-refractivity contribution < 1.29 is 180 Å². The van der Waals surface area contributed by atoms with E-state index in [1.807, 2.05) is 0 Å². The Morgan fingerprint density at radius 2 is 0.775 bits per heavy atom. The molecule has 738 valence electrons. The second-order valence-electron chi connectivity index (χ2n) is 27.9. The van der Waals surface area contributed by atoms with Crippen LogP contribution in [0.4, 0.5) is 49.9 Å². The third kappa shape index (κ3) is 28.3. The van der Waals surface area contributed by atoms with Gasteiger partial charge >= 0.3 is 71.6 Å². The maximum atomic E-state index is 14.0. The molecule has 5 aromatic carbocycles. The third-order valence-corrected chi connectivity index (χ3v) is 20.1. The number of benzene rings is 5. The van der Waals surface area contributed by atoms with E-state index in [0.29, 0.717) is 40.2 Å². The molecule has 19 rings (SSSR count). The zero-order valence-corrected chi connectivity index (χ0v) is 80.5. The zero-order chi connectivity index (χ0) is 99.5. The van der Waals surface area contributed by atoms with Crippen LogP contribution in [0.1, 0.15) is 152 Å². The number of fused-ring (bicyclic) bond motifs is 4. The number of ether oxygens (including phenoxy) is 7. The van der Waals surface area contributed by atoms with Crippen LogP contribution in [0.2, 0.25) is 5.28 Å². The minimum Gasteiger partial charge on any atom is -1.00 e. The molecule has 4 aliphatic rings. The van der Waals surface area contributed by atoms with Gasteiger partial charge in [0.25, 0.3) is 0 Å². The number of aromatic nitrogens is 10. The topological polar surface area (TPSA) is 480 Å². The van der Waals surface area contributed by atoms with Gasteiger partial charge in [0.05, 0.1) is 57.8 Å². The number of nitrogen functional groups attached to an aromatic ring is 1. The van der Waals surface area contributed by atoms with Crippen molar-refractivity contribution in [2.45, 2.75) is 69.8 Å². The predicted molar refractivity (Wildman–Crippen MR) is 482 cm³/mol. The molecule has 0 saturated carbocycles. The predicted octanol–water partition coefficient (Wildman–Crippen LogP) is 15.2. The van der Waals surface area contributed by atoms with Crippen molar-refractivity contribution in [3.05, 3.63) is 341 Å². The summed E-state index contributed by atoms with van der Waals surface area (Å²) in [6.07, 6.45) is 4.07. The van der Waals surface area contributed by atoms with Crippen LogP contribution in [0.15, 0.2) is 210 Å². The first-order chi connectivity index (χ1) is 66.1. The number of esters is 5. The van der Waals surface area contributed by atoms with E-state index in [1.165, 1.54) is 81.9 Å². The summed E-state index contributed by atoms with van der Waals surface area (Å²) in [6.45, 7) is 1.83. The largest absolute Gasteiger partial charge is 1.00 e. The van der Waals surface area contributed by atoms with Crippen molar-refractivity contribution in [3.63, 3.8) is 0 Å². The number of rotatable bonds is 19. The molecule has 142 heavy (non-hydrogen) atoms. The van der Waals surface area contributed by atoms with E-state index in [4.69, 9.17) is 77.7 Å². The molecule has 0 bridgehead atoms. The van der Waals surface area contributed by atoms with Gasteiger partial charge in [-0.15, -0.1) is 0 Å². The molecule has 4 aliphatic heterocycles. The average Bonchev–Trinajstić information content (AvgIpc) is 1.62. The number of H-pyrrole nitrogens is 1. The summed E-state index contributed by atoms with van der Waals surface area (Å²) in [7, 11) is 3.75. The number of aliphatic hydroxyl groups is 1. The number of aldehydes is 1. The number of cyclic esters (lactones) is 4. The van der Waals surface area contributed by atoms with Crippen molar-refractivity contribution in [1.82, 2.24) is 56.0 Å². The Morgan fingerprint density at radius 3 is 1.12 bits per heavy atom. The van der Waals surface area contributed by atoms with Gasteiger partial charge in [-0.05, 0) is 171 Å². The molecular formula is C91H70BrCl4F10ILiN12O21P. The summed E-state index contributed by atoms with van der Waals surface area (Å²) in [6, 6.07) is 32.5. The second-order valence-corrected chi connectivity index (χ2v) is 35.5. The van der Waals surface area contributed by atoms with Gasteiger partial charge in [0.15, 0.2) is 35.1 Å². The maximum Gasteiger partial charge on any atom is 1.00 e. The molecular weight excluding hydrogens is 2170 g/mol. The standard InChI is InChI=1S/C18H12F2N2O4.C17H9ClF2N2O3.C17H11F2N3O3.C17H10F2N2O4.C13H12N2O5.C7H5BrF2.CH4O.CH4.Cl3OP.HI.Li.H3N/c1-24-18-21-15(12-3-2-6-25-12)14-16(22-18)13(26-17(14)23)7-9-4-5-10(19)8-11(9)20;18-17-21-14(11-2-1-5-24-11)13-15(22-17)12(25-16(13)23)6-8-3-4-9(19)7-10(8)20;18-9-4-3-8(10(19)7-9)6-12-15-13(16(23)25-12)14(21-17(20)22-15)11-2-1-5-24-11;18-9-4-3-8(10(19)7-9)6-12-15-13(16(22)25-12)14(20-17(23)21-15)11-2-1-5-24-11;1-3-19-12(17)10-8(7-16)14-13(18-2)15-11(10)9-5-4-6-20-9;8-4-5-1-2-6(9)3-7(5)10;1-2;;1-5(2,3)4;;;/h2-6,8,13H,7H2,1H3;1-5,7,12H,6H2;1-5,7,12H,6H2,(H2,20,21,22);1-5,7,12H,6H2,(H,20,21,23);4-7H,3H2,1-2H3;1-3H,4H2;2H,1H3;1H4;;1H;;1H3/q;;;;;;;;;;+1;/p-1. The summed E-state index contributed by atoms with van der Waals surface area (Å²) < 4.78 is 205. The number of nitrogens with zero attached hydrogens (tertiary/aromatic N) is 9. The molecule has 15 aromatic rings. The van der Waals surface area contributed by atoms with Gasteiger partial charge in [-0.1, -0.05) is 53.7 Å². The molecule has 4 unspecified atom stereocenters. The molecule has 0 radical (unpaired) electrons. The molecule has 0 aliphatic carbocycles. The number of hydrogen-bond acceptors (Lipinski definition) is 32. The molecule has 7 N–H and O–H groups in total. The van der Waals surface area contributed by atoms with E-state index in [0.717, 1.165) is 61.7 Å². The van der Waals surface area contributed by atoms with Crippen LogP contribution in [-0.2, 0) is 59.3 Å². The Balaban J connectivity index is 0.000000207. The Kier molecular flexibility index (Phi) is 41.5. The summed E-state index contributed by atoms with van der Waals surface area (Å²) >= 11 is 22.9. The molecule has 0 fully saturated rings. The van der Waals surface area contributed by atoms with Crippen LogP contribution < -0.4 is 69.9 Å². The minimum absolute atomic E-state index is 0. The number of anilines is 1. The van der Waals surface area contributed by atoms with Gasteiger partial charge in [-0.2, -0.15) is 24.9 Å². The van der Waals surface area contributed by atoms with Crippen molar-refractivity contribution in [1.29, 1.82) is 0 Å². The first kappa shape index (κ1) is 114. The summed E-state index contributed by atoms with van der Waals surface area (Å²) in [5, 5.41) is 4.10. The average molecular weight is 2240 g/mol. The van der Waals surface area contributed by atoms with Gasteiger partial charge in [0, 0.05) is 68.5 Å². The number of nitrogens with one attached hydrogen (secondary N) is 1. The number of alkyl halides is 1. The van der Waals surface area contributed by atoms with Crippen LogP contribution in [0.3, 0.4) is 0 Å². The summed E-state index contributed by atoms with van der Waals surface area (Å²) in [5.41, 5.74) is 8.48. The van der Waals surface area contributed by atoms with E-state index in [2.05, 4.69) is 99.5 Å². The van der Waals surface area contributed by atoms with E-state index in [-0.39, 0.29) is 225 Å². The Morgan fingerprint density at radius 1 is 0.465 bits per heavy atom. The molecule has 14 heterocycles. The van der Waals surface area contributed by atoms with Crippen LogP contribution >= 0.6 is 66.5 Å². The van der Waals surface area contributed by atoms with Crippen molar-refractivity contribution in [2.75, 3.05) is 33.7 Å². The van der Waals surface area contributed by atoms with Crippen LogP contribution in [0.5, 0.6) is 12.0 Å². The van der Waals surface area contributed by atoms with E-state index < -0.39 is 123 Å². The van der Waals surface area contributed by atoms with Crippen molar-refractivity contribution in [2.24, 2.45) is 0 Å². The smallest absolute Gasteiger partial charge is 1.00 e. The maximum absolute atomic E-state index is 14.0. The summed E-state index contributed by atoms with van der Waals surface area (Å²) in [5.74, 6) is -8.51. The van der Waals surface area contributed by atoms with Gasteiger partial charge in [0.1, 0.15) is 162 Å². The normalized spacial score (nSPS) is 13.9. The Labute approximate surface area is 852 Å². The second kappa shape index (κ2) is 51.8. The monoisotopic (exact) mass is 2240 g/mol. The SMILES string of the molecule is C.CCOC(=O)c1c(C=O)nc(OC)nc1-c1ccco1.CO.COc1nc(-c2ccco2)c2c(n1)C(Cc1ccc(F)cc1F)OC2=O.Fc1ccc(CBr)c(F)c1.N.Nc1nc(-c2ccco2)c2c(n1)C(Cc1ccc(F)cc1F)OC2=O.O=C1OC(Cc2ccc(F)cc2F)c2[nH]c(=O)nc(-c3ccco3)c21.O=C1OC(Cc2ccc(F)cc2F)c2nc(Cl)nc(-c3ccco3)c21.O=P(Cl)(Cl)Cl.[I-].[Li+]. The fourth-order valence-electron chi connectivity index (χ4n) is 13.4. The van der Waals surface area contributed by atoms with Crippen LogP contribution in [0.25, 0.3) is 57.3 Å². The number of halogens is 16. The first-order valence-electron chi connectivity index (χ1n) is 39.5. The number of methoxy groups -OCH3 is 2. The molecule has 4 atom stereocenters. The summed E-state index contributed by atoms with van der Waals surface area (Å²) in [4.78, 5) is 123. The number of aromatic amines is 1. The first-order valence-corrected chi connectivity index (χ1v) is 45.4. The van der Waals surface area contributed by atoms with Gasteiger partial charge in [-0.3, -0.25) is 9.36 Å². The number of aliphatic hydroxyl groups excluding tert-OH is 1. The Bertz CT molecular complexity index is 6940. The molecule has 33 nitrogen and oxygen atoms in total. The van der Waals surface area contributed by atoms with Gasteiger partial charge in [-0.25, -0.2) is 92.6 Å². The van der Waals surface area contributed by atoms with Gasteiger partial charge < -0.3 is 101 Å². The fourth-order valence-corrected chi connectivity index (χ4v) is 14.1.